The molecule has 0 radical (unpaired) electrons. The molecule has 0 aliphatic heterocycles. The second-order valence-electron chi connectivity index (χ2n) is 2.56. The lowest BCUT2D eigenvalue weighted by Gasteiger charge is -2.12. The molecule has 0 saturated carbocycles. The van der Waals surface area contributed by atoms with Crippen molar-refractivity contribution < 1.29 is 0 Å². The van der Waals surface area contributed by atoms with Crippen molar-refractivity contribution >= 4 is 29.1 Å². The zero-order chi connectivity index (χ0) is 9.68. The number of hydrogen-bond donors (Lipinski definition) is 1. The molecule has 1 atom stereocenters. The van der Waals surface area contributed by atoms with Crippen LogP contribution in [0.5, 0.6) is 0 Å². The van der Waals surface area contributed by atoms with E-state index in [1.54, 1.807) is 0 Å². The monoisotopic (exact) mass is 215 g/mol. The molecule has 0 saturated heterocycles. The quantitative estimate of drug-likeness (QED) is 0.784. The summed E-state index contributed by atoms with van der Waals surface area (Å²) in [5.74, 6) is 3.23. The van der Waals surface area contributed by atoms with Gasteiger partial charge in [0.05, 0.1) is 11.7 Å². The molecule has 0 spiro atoms. The minimum Gasteiger partial charge on any atom is -0.363 e. The van der Waals surface area contributed by atoms with Crippen LogP contribution in [0.3, 0.4) is 0 Å². The SMILES string of the molecule is C#CCC(CC)Nc1nsnc1Cl. The molecule has 70 valence electrons. The minimum atomic E-state index is 0.228. The first kappa shape index (κ1) is 10.3. The second kappa shape index (κ2) is 5.05. The van der Waals surface area contributed by atoms with Crippen molar-refractivity contribution in [2.45, 2.75) is 25.8 Å². The Morgan fingerprint density at radius 1 is 1.69 bits per heavy atom. The van der Waals surface area contributed by atoms with Crippen molar-refractivity contribution in [2.24, 2.45) is 0 Å². The van der Waals surface area contributed by atoms with E-state index in [1.165, 1.54) is 0 Å². The van der Waals surface area contributed by atoms with E-state index in [0.29, 0.717) is 17.4 Å². The molecule has 0 aliphatic rings. The Hall–Kier alpha value is -0.790. The van der Waals surface area contributed by atoms with Crippen LogP contribution in [0.15, 0.2) is 0 Å². The fourth-order valence-electron chi connectivity index (χ4n) is 0.897. The number of nitrogens with one attached hydrogen (secondary N) is 1. The largest absolute Gasteiger partial charge is 0.363 e. The van der Waals surface area contributed by atoms with Crippen LogP contribution in [0.25, 0.3) is 0 Å². The zero-order valence-electron chi connectivity index (χ0n) is 7.25. The van der Waals surface area contributed by atoms with Gasteiger partial charge in [-0.15, -0.1) is 12.3 Å². The Labute approximate surface area is 86.8 Å². The van der Waals surface area contributed by atoms with Crippen molar-refractivity contribution in [1.29, 1.82) is 0 Å². The van der Waals surface area contributed by atoms with E-state index < -0.39 is 0 Å². The molecular weight excluding hydrogens is 206 g/mol. The maximum atomic E-state index is 5.76. The third kappa shape index (κ3) is 2.87. The molecule has 1 aromatic heterocycles. The van der Waals surface area contributed by atoms with Gasteiger partial charge >= 0.3 is 0 Å². The molecule has 1 N–H and O–H groups in total. The fourth-order valence-corrected chi connectivity index (χ4v) is 1.56. The number of terminal acetylenes is 1. The summed E-state index contributed by atoms with van der Waals surface area (Å²) in [6.45, 7) is 2.06. The van der Waals surface area contributed by atoms with Gasteiger partial charge in [0.2, 0.25) is 0 Å². The lowest BCUT2D eigenvalue weighted by atomic mass is 10.1. The molecular formula is C8H10ClN3S. The van der Waals surface area contributed by atoms with Gasteiger partial charge < -0.3 is 5.32 Å². The van der Waals surface area contributed by atoms with E-state index in [2.05, 4.69) is 26.9 Å². The number of nitrogens with zero attached hydrogens (tertiary/aromatic N) is 2. The zero-order valence-corrected chi connectivity index (χ0v) is 8.82. The molecule has 5 heteroatoms. The van der Waals surface area contributed by atoms with Crippen LogP contribution in [-0.2, 0) is 0 Å². The summed E-state index contributed by atoms with van der Waals surface area (Å²) in [7, 11) is 0. The lowest BCUT2D eigenvalue weighted by Crippen LogP contribution is -2.17. The number of aromatic nitrogens is 2. The molecule has 1 rings (SSSR count). The first-order chi connectivity index (χ1) is 6.27. The van der Waals surface area contributed by atoms with Crippen LogP contribution in [0.1, 0.15) is 19.8 Å². The molecule has 1 unspecified atom stereocenters. The fraction of sp³-hybridized carbons (Fsp3) is 0.500. The average Bonchev–Trinajstić information content (AvgIpc) is 2.51. The molecule has 0 amide bonds. The van der Waals surface area contributed by atoms with E-state index in [0.717, 1.165) is 18.1 Å². The first-order valence-corrected chi connectivity index (χ1v) is 5.06. The Balaban J connectivity index is 2.57. The molecule has 13 heavy (non-hydrogen) atoms. The first-order valence-electron chi connectivity index (χ1n) is 3.96. The van der Waals surface area contributed by atoms with Gasteiger partial charge in [0.15, 0.2) is 11.0 Å². The van der Waals surface area contributed by atoms with Gasteiger partial charge in [-0.25, -0.2) is 0 Å². The number of halogens is 1. The van der Waals surface area contributed by atoms with Gasteiger partial charge in [0.1, 0.15) is 0 Å². The standard InChI is InChI=1S/C8H10ClN3S/c1-3-5-6(4-2)10-8-7(9)11-13-12-8/h1,6H,4-5H2,2H3,(H,10,12). The third-order valence-electron chi connectivity index (χ3n) is 1.65. The van der Waals surface area contributed by atoms with Crippen LogP contribution in [0, 0.1) is 12.3 Å². The van der Waals surface area contributed by atoms with Crippen molar-refractivity contribution in [3.63, 3.8) is 0 Å². The highest BCUT2D eigenvalue weighted by molar-refractivity contribution is 6.99. The van der Waals surface area contributed by atoms with Crippen LogP contribution in [0.4, 0.5) is 5.82 Å². The topological polar surface area (TPSA) is 37.8 Å². The Bertz CT molecular complexity index is 305. The smallest absolute Gasteiger partial charge is 0.186 e. The summed E-state index contributed by atoms with van der Waals surface area (Å²) in [5.41, 5.74) is 0. The van der Waals surface area contributed by atoms with E-state index in [-0.39, 0.29) is 6.04 Å². The number of hydrogen-bond acceptors (Lipinski definition) is 4. The minimum absolute atomic E-state index is 0.228. The van der Waals surface area contributed by atoms with E-state index in [9.17, 15) is 0 Å². The summed E-state index contributed by atoms with van der Waals surface area (Å²) in [5, 5.41) is 3.56. The van der Waals surface area contributed by atoms with Gasteiger partial charge in [0, 0.05) is 12.5 Å². The van der Waals surface area contributed by atoms with Gasteiger partial charge in [0.25, 0.3) is 0 Å². The van der Waals surface area contributed by atoms with Crippen molar-refractivity contribution in [2.75, 3.05) is 5.32 Å². The highest BCUT2D eigenvalue weighted by Gasteiger charge is 2.09. The predicted octanol–water partition coefficient (Wildman–Crippen LogP) is 2.41. The normalized spacial score (nSPS) is 12.1. The lowest BCUT2D eigenvalue weighted by molar-refractivity contribution is 0.713. The average molecular weight is 216 g/mol. The van der Waals surface area contributed by atoms with E-state index >= 15 is 0 Å². The number of anilines is 1. The maximum Gasteiger partial charge on any atom is 0.186 e. The van der Waals surface area contributed by atoms with Crippen LogP contribution in [-0.4, -0.2) is 14.8 Å². The van der Waals surface area contributed by atoms with Crippen LogP contribution >= 0.6 is 23.3 Å². The second-order valence-corrected chi connectivity index (χ2v) is 3.45. The molecule has 1 aromatic rings. The molecule has 1 heterocycles. The summed E-state index contributed by atoms with van der Waals surface area (Å²) in [6.07, 6.45) is 6.83. The highest BCUT2D eigenvalue weighted by atomic mass is 35.5. The van der Waals surface area contributed by atoms with E-state index in [4.69, 9.17) is 18.0 Å². The summed E-state index contributed by atoms with van der Waals surface area (Å²) in [4.78, 5) is 0. The number of rotatable bonds is 4. The van der Waals surface area contributed by atoms with Crippen molar-refractivity contribution in [3.8, 4) is 12.3 Å². The summed E-state index contributed by atoms with van der Waals surface area (Å²) in [6, 6.07) is 0.228. The van der Waals surface area contributed by atoms with E-state index in [1.807, 2.05) is 0 Å². The summed E-state index contributed by atoms with van der Waals surface area (Å²) < 4.78 is 7.85. The Morgan fingerprint density at radius 3 is 2.92 bits per heavy atom. The predicted molar refractivity (Wildman–Crippen MR) is 56.1 cm³/mol. The molecule has 0 fully saturated rings. The van der Waals surface area contributed by atoms with Gasteiger partial charge in [-0.2, -0.15) is 8.75 Å². The van der Waals surface area contributed by atoms with Gasteiger partial charge in [-0.05, 0) is 6.42 Å². The Kier molecular flexibility index (Phi) is 4.00. The van der Waals surface area contributed by atoms with Crippen LogP contribution < -0.4 is 5.32 Å². The molecule has 0 bridgehead atoms. The maximum absolute atomic E-state index is 5.76. The molecule has 3 nitrogen and oxygen atoms in total. The molecule has 0 aromatic carbocycles. The summed E-state index contributed by atoms with van der Waals surface area (Å²) >= 11 is 6.85. The van der Waals surface area contributed by atoms with Gasteiger partial charge in [-0.3, -0.25) is 0 Å². The molecule has 0 aliphatic carbocycles. The van der Waals surface area contributed by atoms with Crippen molar-refractivity contribution in [3.05, 3.63) is 5.15 Å². The Morgan fingerprint density at radius 2 is 2.46 bits per heavy atom. The highest BCUT2D eigenvalue weighted by Crippen LogP contribution is 2.19. The van der Waals surface area contributed by atoms with Crippen LogP contribution in [0.2, 0.25) is 5.15 Å². The van der Waals surface area contributed by atoms with Gasteiger partial charge in [-0.1, -0.05) is 18.5 Å². The third-order valence-corrected chi connectivity index (χ3v) is 2.54. The van der Waals surface area contributed by atoms with Crippen molar-refractivity contribution in [1.82, 2.24) is 8.75 Å².